The molecule has 1 heterocycles. The summed E-state index contributed by atoms with van der Waals surface area (Å²) in [5, 5.41) is 25.1. The van der Waals surface area contributed by atoms with Crippen LogP contribution in [0, 0.1) is 11.3 Å². The second-order valence-corrected chi connectivity index (χ2v) is 2.90. The van der Waals surface area contributed by atoms with E-state index in [1.54, 1.807) is 6.07 Å². The standard InChI is InChI=1S/C9H6N4O2/c10-3-4-13-11-7-2-1-6(9(14)15)5-8(7)12-13/h1-2,5H,4H2,(H,14,15). The number of fused-ring (bicyclic) bond motifs is 1. The zero-order valence-corrected chi connectivity index (χ0v) is 7.58. The molecule has 0 radical (unpaired) electrons. The number of carboxylic acid groups (broad SMARTS) is 1. The largest absolute Gasteiger partial charge is 0.478 e. The van der Waals surface area contributed by atoms with Crippen molar-refractivity contribution in [2.75, 3.05) is 0 Å². The van der Waals surface area contributed by atoms with Gasteiger partial charge in [0.1, 0.15) is 17.6 Å². The van der Waals surface area contributed by atoms with Crippen LogP contribution in [0.4, 0.5) is 0 Å². The van der Waals surface area contributed by atoms with E-state index in [4.69, 9.17) is 10.4 Å². The summed E-state index contributed by atoms with van der Waals surface area (Å²) in [5.74, 6) is -1.01. The fourth-order valence-electron chi connectivity index (χ4n) is 1.23. The number of aromatic carboxylic acids is 1. The van der Waals surface area contributed by atoms with Gasteiger partial charge in [0.25, 0.3) is 0 Å². The van der Waals surface area contributed by atoms with Gasteiger partial charge in [0.15, 0.2) is 0 Å². The van der Waals surface area contributed by atoms with Crippen LogP contribution in [-0.4, -0.2) is 26.1 Å². The van der Waals surface area contributed by atoms with Crippen molar-refractivity contribution in [1.29, 1.82) is 5.26 Å². The Bertz CT molecular complexity index is 567. The number of nitrogens with zero attached hydrogens (tertiary/aromatic N) is 4. The molecule has 0 saturated heterocycles. The molecule has 0 spiro atoms. The van der Waals surface area contributed by atoms with Crippen LogP contribution in [0.1, 0.15) is 10.4 Å². The highest BCUT2D eigenvalue weighted by atomic mass is 16.4. The van der Waals surface area contributed by atoms with E-state index in [-0.39, 0.29) is 12.1 Å². The van der Waals surface area contributed by atoms with Gasteiger partial charge in [-0.3, -0.25) is 0 Å². The number of rotatable bonds is 2. The molecule has 1 aromatic heterocycles. The summed E-state index contributed by atoms with van der Waals surface area (Å²) < 4.78 is 0. The molecule has 1 aromatic carbocycles. The summed E-state index contributed by atoms with van der Waals surface area (Å²) in [4.78, 5) is 11.9. The summed E-state index contributed by atoms with van der Waals surface area (Å²) in [7, 11) is 0. The van der Waals surface area contributed by atoms with Gasteiger partial charge < -0.3 is 5.11 Å². The van der Waals surface area contributed by atoms with E-state index in [2.05, 4.69) is 10.2 Å². The minimum atomic E-state index is -1.01. The molecule has 0 atom stereocenters. The molecule has 0 aliphatic carbocycles. The van der Waals surface area contributed by atoms with Gasteiger partial charge in [0.05, 0.1) is 11.6 Å². The van der Waals surface area contributed by atoms with E-state index in [0.717, 1.165) is 0 Å². The lowest BCUT2D eigenvalue weighted by Crippen LogP contribution is -1.99. The van der Waals surface area contributed by atoms with Crippen LogP contribution in [0.5, 0.6) is 0 Å². The zero-order chi connectivity index (χ0) is 10.8. The lowest BCUT2D eigenvalue weighted by atomic mass is 10.2. The van der Waals surface area contributed by atoms with Crippen molar-refractivity contribution in [2.24, 2.45) is 0 Å². The van der Waals surface area contributed by atoms with E-state index >= 15 is 0 Å². The topological polar surface area (TPSA) is 91.8 Å². The van der Waals surface area contributed by atoms with E-state index in [0.29, 0.717) is 11.0 Å². The van der Waals surface area contributed by atoms with E-state index < -0.39 is 5.97 Å². The monoisotopic (exact) mass is 202 g/mol. The minimum absolute atomic E-state index is 0.0527. The molecule has 1 N–H and O–H groups in total. The number of hydrogen-bond donors (Lipinski definition) is 1. The van der Waals surface area contributed by atoms with Crippen LogP contribution in [0.3, 0.4) is 0 Å². The first-order valence-corrected chi connectivity index (χ1v) is 4.16. The van der Waals surface area contributed by atoms with Crippen molar-refractivity contribution in [3.63, 3.8) is 0 Å². The molecular formula is C9H6N4O2. The number of carboxylic acids is 1. The molecular weight excluding hydrogens is 196 g/mol. The quantitative estimate of drug-likeness (QED) is 0.771. The first-order valence-electron chi connectivity index (χ1n) is 4.16. The second-order valence-electron chi connectivity index (χ2n) is 2.90. The van der Waals surface area contributed by atoms with Gasteiger partial charge in [0.2, 0.25) is 0 Å². The van der Waals surface area contributed by atoms with Gasteiger partial charge in [-0.1, -0.05) is 0 Å². The van der Waals surface area contributed by atoms with Crippen molar-refractivity contribution in [2.45, 2.75) is 6.54 Å². The fraction of sp³-hybridized carbons (Fsp3) is 0.111. The van der Waals surface area contributed by atoms with Crippen LogP contribution < -0.4 is 0 Å². The molecule has 6 nitrogen and oxygen atoms in total. The molecule has 6 heteroatoms. The molecule has 0 bridgehead atoms. The number of benzene rings is 1. The maximum atomic E-state index is 10.7. The molecule has 0 aliphatic rings. The number of nitriles is 1. The van der Waals surface area contributed by atoms with Gasteiger partial charge in [-0.05, 0) is 18.2 Å². The van der Waals surface area contributed by atoms with Crippen molar-refractivity contribution < 1.29 is 9.90 Å². The van der Waals surface area contributed by atoms with Gasteiger partial charge in [0, 0.05) is 0 Å². The number of carbonyl (C=O) groups is 1. The normalized spacial score (nSPS) is 10.1. The molecule has 0 aliphatic heterocycles. The van der Waals surface area contributed by atoms with Crippen LogP contribution in [0.25, 0.3) is 11.0 Å². The highest BCUT2D eigenvalue weighted by molar-refractivity contribution is 5.91. The average Bonchev–Trinajstić information content (AvgIpc) is 2.59. The predicted octanol–water partition coefficient (Wildman–Crippen LogP) is 0.653. The Balaban J connectivity index is 2.53. The molecule has 2 rings (SSSR count). The third-order valence-electron chi connectivity index (χ3n) is 1.88. The lowest BCUT2D eigenvalue weighted by Gasteiger charge is -1.90. The van der Waals surface area contributed by atoms with Gasteiger partial charge >= 0.3 is 5.97 Å². The van der Waals surface area contributed by atoms with Crippen LogP contribution in [0.15, 0.2) is 18.2 Å². The van der Waals surface area contributed by atoms with Crippen LogP contribution in [0.2, 0.25) is 0 Å². The first kappa shape index (κ1) is 9.15. The summed E-state index contributed by atoms with van der Waals surface area (Å²) in [6.45, 7) is 0.0527. The lowest BCUT2D eigenvalue weighted by molar-refractivity contribution is 0.0697. The van der Waals surface area contributed by atoms with Gasteiger partial charge in [-0.25, -0.2) is 4.79 Å². The Morgan fingerprint density at radius 1 is 1.47 bits per heavy atom. The Morgan fingerprint density at radius 2 is 2.20 bits per heavy atom. The summed E-state index contributed by atoms with van der Waals surface area (Å²) in [6.07, 6.45) is 0. The van der Waals surface area contributed by atoms with Crippen molar-refractivity contribution >= 4 is 17.0 Å². The summed E-state index contributed by atoms with van der Waals surface area (Å²) >= 11 is 0. The van der Waals surface area contributed by atoms with E-state index in [1.807, 2.05) is 6.07 Å². The van der Waals surface area contributed by atoms with E-state index in [1.165, 1.54) is 16.9 Å². The van der Waals surface area contributed by atoms with Gasteiger partial charge in [-0.2, -0.15) is 20.3 Å². The van der Waals surface area contributed by atoms with Crippen molar-refractivity contribution in [3.8, 4) is 6.07 Å². The Hall–Kier alpha value is -2.42. The number of aromatic nitrogens is 3. The first-order chi connectivity index (χ1) is 7.20. The second kappa shape index (κ2) is 3.38. The highest BCUT2D eigenvalue weighted by Crippen LogP contribution is 2.11. The molecule has 0 amide bonds. The third kappa shape index (κ3) is 1.62. The highest BCUT2D eigenvalue weighted by Gasteiger charge is 2.07. The summed E-state index contributed by atoms with van der Waals surface area (Å²) in [5.41, 5.74) is 1.21. The maximum Gasteiger partial charge on any atom is 0.335 e. The molecule has 0 fully saturated rings. The summed E-state index contributed by atoms with van der Waals surface area (Å²) in [6, 6.07) is 6.36. The minimum Gasteiger partial charge on any atom is -0.478 e. The smallest absolute Gasteiger partial charge is 0.335 e. The molecule has 0 saturated carbocycles. The fourth-order valence-corrected chi connectivity index (χ4v) is 1.23. The third-order valence-corrected chi connectivity index (χ3v) is 1.88. The van der Waals surface area contributed by atoms with E-state index in [9.17, 15) is 4.79 Å². The van der Waals surface area contributed by atoms with Crippen LogP contribution in [-0.2, 0) is 6.54 Å². The van der Waals surface area contributed by atoms with Crippen molar-refractivity contribution in [1.82, 2.24) is 15.0 Å². The average molecular weight is 202 g/mol. The molecule has 0 unspecified atom stereocenters. The zero-order valence-electron chi connectivity index (χ0n) is 7.58. The predicted molar refractivity (Wildman–Crippen MR) is 50.1 cm³/mol. The Kier molecular flexibility index (Phi) is 2.06. The SMILES string of the molecule is N#CCn1nc2ccc(C(=O)O)cc2n1. The Morgan fingerprint density at radius 3 is 2.87 bits per heavy atom. The molecule has 15 heavy (non-hydrogen) atoms. The van der Waals surface area contributed by atoms with Crippen molar-refractivity contribution in [3.05, 3.63) is 23.8 Å². The molecule has 2 aromatic rings. The number of hydrogen-bond acceptors (Lipinski definition) is 4. The van der Waals surface area contributed by atoms with Gasteiger partial charge in [-0.15, -0.1) is 0 Å². The molecule has 74 valence electrons. The Labute approximate surface area is 84.4 Å². The van der Waals surface area contributed by atoms with Crippen LogP contribution >= 0.6 is 0 Å². The maximum absolute atomic E-state index is 10.7.